The van der Waals surface area contributed by atoms with Crippen LogP contribution in [0.3, 0.4) is 0 Å². The molecular formula is C21H26N4O3. The molecule has 0 fully saturated rings. The highest BCUT2D eigenvalue weighted by molar-refractivity contribution is 6.09. The lowest BCUT2D eigenvalue weighted by molar-refractivity contribution is -0.112. The van der Waals surface area contributed by atoms with Gasteiger partial charge in [-0.1, -0.05) is 30.8 Å². The maximum atomic E-state index is 12.5. The van der Waals surface area contributed by atoms with Crippen molar-refractivity contribution < 1.29 is 14.7 Å². The molecule has 0 aliphatic carbocycles. The Hall–Kier alpha value is -3.32. The summed E-state index contributed by atoms with van der Waals surface area (Å²) >= 11 is 0. The van der Waals surface area contributed by atoms with Gasteiger partial charge >= 0.3 is 5.97 Å². The van der Waals surface area contributed by atoms with Crippen molar-refractivity contribution in [2.45, 2.75) is 13.0 Å². The molecule has 148 valence electrons. The molecule has 2 aromatic rings. The SMILES string of the molecule is C=C(/C=c1/cccc/c1=C/N)C(=O)Nc1cc(C(=O)O)n(CCCN(C)C)c1. The number of anilines is 1. The number of aryl methyl sites for hydroxylation is 1. The van der Waals surface area contributed by atoms with Crippen LogP contribution in [0.15, 0.2) is 48.7 Å². The van der Waals surface area contributed by atoms with E-state index in [1.807, 2.05) is 43.3 Å². The molecule has 1 aromatic heterocycles. The third kappa shape index (κ3) is 5.59. The largest absolute Gasteiger partial charge is 0.477 e. The van der Waals surface area contributed by atoms with Gasteiger partial charge in [0.25, 0.3) is 5.91 Å². The molecule has 1 aromatic carbocycles. The first-order valence-electron chi connectivity index (χ1n) is 8.89. The number of hydrogen-bond donors (Lipinski definition) is 3. The first kappa shape index (κ1) is 21.0. The summed E-state index contributed by atoms with van der Waals surface area (Å²) in [5.41, 5.74) is 6.39. The fourth-order valence-corrected chi connectivity index (χ4v) is 2.76. The molecule has 0 saturated carbocycles. The number of rotatable bonds is 8. The van der Waals surface area contributed by atoms with Crippen molar-refractivity contribution in [3.8, 4) is 0 Å². The highest BCUT2D eigenvalue weighted by Gasteiger charge is 2.14. The van der Waals surface area contributed by atoms with E-state index in [0.717, 1.165) is 23.4 Å². The molecule has 1 amide bonds. The van der Waals surface area contributed by atoms with E-state index in [9.17, 15) is 14.7 Å². The second-order valence-corrected chi connectivity index (χ2v) is 6.69. The highest BCUT2D eigenvalue weighted by atomic mass is 16.4. The van der Waals surface area contributed by atoms with Gasteiger partial charge in [0, 0.05) is 24.5 Å². The fraction of sp³-hybridized carbons (Fsp3) is 0.238. The van der Waals surface area contributed by atoms with Gasteiger partial charge in [0.1, 0.15) is 5.69 Å². The van der Waals surface area contributed by atoms with E-state index in [4.69, 9.17) is 5.73 Å². The number of nitrogens with two attached hydrogens (primary N) is 1. The summed E-state index contributed by atoms with van der Waals surface area (Å²) in [6, 6.07) is 8.82. The highest BCUT2D eigenvalue weighted by Crippen LogP contribution is 2.16. The number of nitrogens with one attached hydrogen (secondary N) is 1. The Morgan fingerprint density at radius 2 is 1.96 bits per heavy atom. The van der Waals surface area contributed by atoms with Crippen molar-refractivity contribution in [2.75, 3.05) is 26.0 Å². The van der Waals surface area contributed by atoms with Gasteiger partial charge in [-0.15, -0.1) is 0 Å². The maximum absolute atomic E-state index is 12.5. The van der Waals surface area contributed by atoms with Crippen LogP contribution in [0.4, 0.5) is 5.69 Å². The molecule has 0 aliphatic rings. The smallest absolute Gasteiger partial charge is 0.352 e. The normalized spacial score (nSPS) is 12.4. The minimum absolute atomic E-state index is 0.131. The first-order chi connectivity index (χ1) is 13.3. The Bertz CT molecular complexity index is 989. The quantitative estimate of drug-likeness (QED) is 0.587. The summed E-state index contributed by atoms with van der Waals surface area (Å²) in [5.74, 6) is -1.45. The number of carbonyl (C=O) groups is 2. The van der Waals surface area contributed by atoms with Crippen LogP contribution in [0.5, 0.6) is 0 Å². The molecular weight excluding hydrogens is 356 g/mol. The molecule has 0 unspecified atom stereocenters. The van der Waals surface area contributed by atoms with Gasteiger partial charge in [0.2, 0.25) is 0 Å². The third-order valence-corrected chi connectivity index (χ3v) is 4.17. The molecule has 7 nitrogen and oxygen atoms in total. The molecule has 2 rings (SSSR count). The number of nitrogens with zero attached hydrogens (tertiary/aromatic N) is 2. The second-order valence-electron chi connectivity index (χ2n) is 6.69. The van der Waals surface area contributed by atoms with Crippen LogP contribution in [0.1, 0.15) is 16.9 Å². The van der Waals surface area contributed by atoms with Gasteiger partial charge in [-0.2, -0.15) is 0 Å². The van der Waals surface area contributed by atoms with Crippen molar-refractivity contribution in [2.24, 2.45) is 5.73 Å². The summed E-state index contributed by atoms with van der Waals surface area (Å²) in [7, 11) is 3.92. The Morgan fingerprint density at radius 3 is 2.57 bits per heavy atom. The molecule has 0 atom stereocenters. The van der Waals surface area contributed by atoms with E-state index in [0.29, 0.717) is 12.2 Å². The van der Waals surface area contributed by atoms with Crippen LogP contribution in [0.2, 0.25) is 0 Å². The molecule has 28 heavy (non-hydrogen) atoms. The van der Waals surface area contributed by atoms with Crippen LogP contribution >= 0.6 is 0 Å². The number of benzene rings is 1. The summed E-state index contributed by atoms with van der Waals surface area (Å²) in [6.45, 7) is 5.18. The molecule has 0 bridgehead atoms. The van der Waals surface area contributed by atoms with Crippen LogP contribution in [-0.4, -0.2) is 47.1 Å². The molecule has 1 heterocycles. The van der Waals surface area contributed by atoms with E-state index in [-0.39, 0.29) is 11.3 Å². The number of aromatic nitrogens is 1. The average molecular weight is 382 g/mol. The first-order valence-corrected chi connectivity index (χ1v) is 8.89. The third-order valence-electron chi connectivity index (χ3n) is 4.17. The van der Waals surface area contributed by atoms with Gasteiger partial charge in [-0.3, -0.25) is 4.79 Å². The van der Waals surface area contributed by atoms with Crippen molar-refractivity contribution in [1.82, 2.24) is 9.47 Å². The number of carboxylic acids is 1. The molecule has 4 N–H and O–H groups in total. The van der Waals surface area contributed by atoms with E-state index >= 15 is 0 Å². The summed E-state index contributed by atoms with van der Waals surface area (Å²) < 4.78 is 1.63. The molecule has 0 aliphatic heterocycles. The van der Waals surface area contributed by atoms with E-state index in [2.05, 4.69) is 11.9 Å². The molecule has 0 spiro atoms. The number of aromatic carboxylic acids is 1. The van der Waals surface area contributed by atoms with Crippen LogP contribution in [0.25, 0.3) is 12.3 Å². The minimum Gasteiger partial charge on any atom is -0.477 e. The van der Waals surface area contributed by atoms with Gasteiger partial charge < -0.3 is 25.6 Å². The van der Waals surface area contributed by atoms with E-state index in [1.54, 1.807) is 16.8 Å². The second kappa shape index (κ2) is 9.57. The summed E-state index contributed by atoms with van der Waals surface area (Å²) in [5, 5.41) is 13.7. The van der Waals surface area contributed by atoms with Crippen LogP contribution in [0, 0.1) is 0 Å². The Balaban J connectivity index is 2.17. The number of carbonyl (C=O) groups excluding carboxylic acids is 1. The predicted octanol–water partition coefficient (Wildman–Crippen LogP) is 0.810. The summed E-state index contributed by atoms with van der Waals surface area (Å²) in [6.07, 6.45) is 5.53. The molecule has 7 heteroatoms. The molecule has 0 radical (unpaired) electrons. The Kier molecular flexibility index (Phi) is 7.17. The summed E-state index contributed by atoms with van der Waals surface area (Å²) in [4.78, 5) is 26.0. The van der Waals surface area contributed by atoms with Gasteiger partial charge in [0.05, 0.1) is 5.69 Å². The lowest BCUT2D eigenvalue weighted by Gasteiger charge is -2.10. The van der Waals surface area contributed by atoms with Gasteiger partial charge in [0.15, 0.2) is 0 Å². The molecule has 0 saturated heterocycles. The number of hydrogen-bond acceptors (Lipinski definition) is 4. The standard InChI is InChI=1S/C21H26N4O3/c1-15(11-16-7-4-5-8-17(16)13-22)20(26)23-18-12-19(21(27)28)25(14-18)10-6-9-24(2)3/h4-5,7-8,11-14H,1,6,9-10,22H2,2-3H3,(H,23,26)(H,27,28)/b16-11-,17-13-. The van der Waals surface area contributed by atoms with Crippen molar-refractivity contribution in [1.29, 1.82) is 0 Å². The topological polar surface area (TPSA) is 101 Å². The van der Waals surface area contributed by atoms with E-state index < -0.39 is 11.9 Å². The lowest BCUT2D eigenvalue weighted by Crippen LogP contribution is -2.26. The maximum Gasteiger partial charge on any atom is 0.352 e. The van der Waals surface area contributed by atoms with Crippen molar-refractivity contribution in [3.05, 3.63) is 64.8 Å². The predicted molar refractivity (Wildman–Crippen MR) is 111 cm³/mol. The van der Waals surface area contributed by atoms with Crippen LogP contribution < -0.4 is 21.5 Å². The van der Waals surface area contributed by atoms with Crippen molar-refractivity contribution >= 4 is 29.8 Å². The number of amides is 1. The monoisotopic (exact) mass is 382 g/mol. The zero-order valence-electron chi connectivity index (χ0n) is 16.2. The van der Waals surface area contributed by atoms with Crippen LogP contribution in [-0.2, 0) is 11.3 Å². The average Bonchev–Trinajstić information content (AvgIpc) is 3.04. The van der Waals surface area contributed by atoms with E-state index in [1.165, 1.54) is 12.3 Å². The lowest BCUT2D eigenvalue weighted by atomic mass is 10.1. The van der Waals surface area contributed by atoms with Gasteiger partial charge in [-0.25, -0.2) is 4.79 Å². The Labute approximate surface area is 164 Å². The van der Waals surface area contributed by atoms with Gasteiger partial charge in [-0.05, 0) is 49.6 Å². The number of carboxylic acid groups (broad SMARTS) is 1. The zero-order chi connectivity index (χ0) is 20.7. The zero-order valence-corrected chi connectivity index (χ0v) is 16.2. The fourth-order valence-electron chi connectivity index (χ4n) is 2.76. The Morgan fingerprint density at radius 1 is 1.29 bits per heavy atom. The minimum atomic E-state index is -1.04. The van der Waals surface area contributed by atoms with Crippen molar-refractivity contribution in [3.63, 3.8) is 0 Å².